The van der Waals surface area contributed by atoms with Gasteiger partial charge in [-0.3, -0.25) is 9.59 Å². The fraction of sp³-hybridized carbons (Fsp3) is 0.310. The van der Waals surface area contributed by atoms with Crippen LogP contribution in [0.15, 0.2) is 66.7 Å². The minimum Gasteiger partial charge on any atom is -0.487 e. The molecule has 0 unspecified atom stereocenters. The lowest BCUT2D eigenvalue weighted by Gasteiger charge is -2.24. The van der Waals surface area contributed by atoms with Crippen LogP contribution in [0.5, 0.6) is 5.75 Å². The summed E-state index contributed by atoms with van der Waals surface area (Å²) in [6, 6.07) is 20.1. The molecule has 0 aromatic heterocycles. The zero-order valence-corrected chi connectivity index (χ0v) is 20.1. The fourth-order valence-corrected chi connectivity index (χ4v) is 4.71. The van der Waals surface area contributed by atoms with Crippen LogP contribution in [0.25, 0.3) is 0 Å². The van der Waals surface area contributed by atoms with Crippen molar-refractivity contribution in [2.75, 3.05) is 13.1 Å². The van der Waals surface area contributed by atoms with E-state index in [2.05, 4.69) is 0 Å². The summed E-state index contributed by atoms with van der Waals surface area (Å²) in [6.07, 6.45) is 2.05. The highest BCUT2D eigenvalue weighted by molar-refractivity contribution is 5.83. The fourth-order valence-electron chi connectivity index (χ4n) is 4.71. The quantitative estimate of drug-likeness (QED) is 0.484. The number of hydrogen-bond donors (Lipinski definition) is 1. The average molecular weight is 476 g/mol. The molecule has 182 valence electrons. The zero-order valence-electron chi connectivity index (χ0n) is 20.1. The first-order chi connectivity index (χ1) is 16.7. The summed E-state index contributed by atoms with van der Waals surface area (Å²) < 4.78 is 19.5. The van der Waals surface area contributed by atoms with E-state index in [0.717, 1.165) is 33.6 Å². The predicted octanol–water partition coefficient (Wildman–Crippen LogP) is 4.77. The summed E-state index contributed by atoms with van der Waals surface area (Å²) in [5.41, 5.74) is 4.61. The topological polar surface area (TPSA) is 66.8 Å². The Morgan fingerprint density at radius 2 is 1.77 bits per heavy atom. The number of fused-ring (bicyclic) bond motifs is 1. The van der Waals surface area contributed by atoms with Crippen LogP contribution < -0.4 is 4.74 Å². The number of amides is 1. The zero-order chi connectivity index (χ0) is 25.0. The molecule has 6 heteroatoms. The van der Waals surface area contributed by atoms with Crippen LogP contribution in [-0.4, -0.2) is 40.6 Å². The van der Waals surface area contributed by atoms with Gasteiger partial charge in [0.25, 0.3) is 0 Å². The Morgan fingerprint density at radius 3 is 2.49 bits per heavy atom. The number of carbonyl (C=O) groups excluding carboxylic acids is 1. The molecule has 0 aliphatic carbocycles. The number of halogens is 1. The van der Waals surface area contributed by atoms with Gasteiger partial charge in [0.2, 0.25) is 5.91 Å². The van der Waals surface area contributed by atoms with E-state index in [9.17, 15) is 19.1 Å². The molecule has 1 heterocycles. The Labute approximate surface area is 205 Å². The maximum Gasteiger partial charge on any atom is 0.323 e. The van der Waals surface area contributed by atoms with E-state index >= 15 is 0 Å². The van der Waals surface area contributed by atoms with Crippen molar-refractivity contribution in [1.82, 2.24) is 4.90 Å². The highest BCUT2D eigenvalue weighted by Gasteiger charge is 2.35. The van der Waals surface area contributed by atoms with E-state index in [-0.39, 0.29) is 24.7 Å². The van der Waals surface area contributed by atoms with Gasteiger partial charge in [0.15, 0.2) is 0 Å². The van der Waals surface area contributed by atoms with E-state index < -0.39 is 11.6 Å². The van der Waals surface area contributed by atoms with E-state index in [1.165, 1.54) is 17.0 Å². The number of carboxylic acids is 1. The third-order valence-corrected chi connectivity index (χ3v) is 6.48. The standard InChI is InChI=1S/C29H30FNO4/c1-20-5-3-4-6-23(20)13-14-31(19-28(33)34)27(32)16-22-9-12-26-24(15-22)18-29(2,35-26)17-21-7-10-25(30)11-8-21/h3-12,15H,13-14,16-19H2,1-2H3,(H,33,34)/t29-/m0/s1. The van der Waals surface area contributed by atoms with Crippen LogP contribution in [-0.2, 0) is 35.3 Å². The molecular weight excluding hydrogens is 445 g/mol. The second kappa shape index (κ2) is 10.3. The predicted molar refractivity (Wildman–Crippen MR) is 132 cm³/mol. The number of nitrogens with zero attached hydrogens (tertiary/aromatic N) is 1. The highest BCUT2D eigenvalue weighted by atomic mass is 19.1. The van der Waals surface area contributed by atoms with Gasteiger partial charge >= 0.3 is 5.97 Å². The van der Waals surface area contributed by atoms with Crippen LogP contribution in [0.3, 0.4) is 0 Å². The Kier molecular flexibility index (Phi) is 7.20. The van der Waals surface area contributed by atoms with Gasteiger partial charge in [-0.25, -0.2) is 4.39 Å². The Balaban J connectivity index is 1.42. The number of carboxylic acid groups (broad SMARTS) is 1. The van der Waals surface area contributed by atoms with Gasteiger partial charge < -0.3 is 14.7 Å². The summed E-state index contributed by atoms with van der Waals surface area (Å²) in [6.45, 7) is 4.06. The third kappa shape index (κ3) is 6.27. The van der Waals surface area contributed by atoms with Crippen molar-refractivity contribution < 1.29 is 23.8 Å². The molecular formula is C29H30FNO4. The van der Waals surface area contributed by atoms with Crippen molar-refractivity contribution in [3.8, 4) is 5.75 Å². The minimum absolute atomic E-state index is 0.128. The van der Waals surface area contributed by atoms with Crippen molar-refractivity contribution in [3.63, 3.8) is 0 Å². The van der Waals surface area contributed by atoms with E-state index in [0.29, 0.717) is 25.8 Å². The van der Waals surface area contributed by atoms with Crippen molar-refractivity contribution in [1.29, 1.82) is 0 Å². The molecule has 0 spiro atoms. The van der Waals surface area contributed by atoms with Crippen molar-refractivity contribution >= 4 is 11.9 Å². The lowest BCUT2D eigenvalue weighted by Crippen LogP contribution is -2.38. The second-order valence-electron chi connectivity index (χ2n) is 9.54. The van der Waals surface area contributed by atoms with E-state index in [4.69, 9.17) is 4.74 Å². The first-order valence-corrected chi connectivity index (χ1v) is 11.8. The first-order valence-electron chi connectivity index (χ1n) is 11.8. The molecule has 3 aromatic carbocycles. The van der Waals surface area contributed by atoms with Gasteiger partial charge in [0.05, 0.1) is 6.42 Å². The number of hydrogen-bond acceptors (Lipinski definition) is 3. The molecule has 3 aromatic rings. The number of carbonyl (C=O) groups is 2. The Morgan fingerprint density at radius 1 is 1.06 bits per heavy atom. The van der Waals surface area contributed by atoms with Crippen molar-refractivity contribution in [2.45, 2.75) is 45.1 Å². The Bertz CT molecular complexity index is 1220. The number of benzene rings is 3. The second-order valence-corrected chi connectivity index (χ2v) is 9.54. The van der Waals surface area contributed by atoms with Gasteiger partial charge in [-0.05, 0) is 66.3 Å². The summed E-state index contributed by atoms with van der Waals surface area (Å²) in [5.74, 6) is -0.719. The van der Waals surface area contributed by atoms with Gasteiger partial charge in [-0.2, -0.15) is 0 Å². The van der Waals surface area contributed by atoms with E-state index in [1.54, 1.807) is 12.1 Å². The van der Waals surface area contributed by atoms with Gasteiger partial charge in [0, 0.05) is 19.4 Å². The molecule has 0 saturated carbocycles. The Hall–Kier alpha value is -3.67. The van der Waals surface area contributed by atoms with Crippen LogP contribution in [0.2, 0.25) is 0 Å². The maximum absolute atomic E-state index is 13.2. The lowest BCUT2D eigenvalue weighted by molar-refractivity contribution is -0.144. The van der Waals surface area contributed by atoms with Gasteiger partial charge in [-0.1, -0.05) is 48.5 Å². The minimum atomic E-state index is -1.03. The largest absolute Gasteiger partial charge is 0.487 e. The molecule has 0 bridgehead atoms. The molecule has 35 heavy (non-hydrogen) atoms. The monoisotopic (exact) mass is 475 g/mol. The highest BCUT2D eigenvalue weighted by Crippen LogP contribution is 2.37. The number of ether oxygens (including phenoxy) is 1. The van der Waals surface area contributed by atoms with Crippen LogP contribution in [0, 0.1) is 12.7 Å². The van der Waals surface area contributed by atoms with Crippen LogP contribution in [0.1, 0.15) is 34.7 Å². The van der Waals surface area contributed by atoms with E-state index in [1.807, 2.05) is 56.3 Å². The van der Waals surface area contributed by atoms with Gasteiger partial charge in [0.1, 0.15) is 23.7 Å². The maximum atomic E-state index is 13.2. The summed E-state index contributed by atoms with van der Waals surface area (Å²) >= 11 is 0. The van der Waals surface area contributed by atoms with Crippen LogP contribution in [0.4, 0.5) is 4.39 Å². The molecule has 1 amide bonds. The molecule has 1 aliphatic rings. The number of aryl methyl sites for hydroxylation is 1. The molecule has 0 radical (unpaired) electrons. The smallest absolute Gasteiger partial charge is 0.323 e. The first kappa shape index (κ1) is 24.5. The van der Waals surface area contributed by atoms with Crippen molar-refractivity contribution in [3.05, 3.63) is 100 Å². The molecule has 1 aliphatic heterocycles. The summed E-state index contributed by atoms with van der Waals surface area (Å²) in [7, 11) is 0. The molecule has 5 nitrogen and oxygen atoms in total. The molecule has 1 N–H and O–H groups in total. The molecule has 1 atom stereocenters. The lowest BCUT2D eigenvalue weighted by atomic mass is 9.91. The van der Waals surface area contributed by atoms with Crippen LogP contribution >= 0.6 is 0 Å². The summed E-state index contributed by atoms with van der Waals surface area (Å²) in [4.78, 5) is 25.9. The number of aliphatic carboxylic acids is 1. The number of rotatable bonds is 9. The molecule has 0 fully saturated rings. The SMILES string of the molecule is Cc1ccccc1CCN(CC(=O)O)C(=O)Cc1ccc2c(c1)C[C@](C)(Cc1ccc(F)cc1)O2. The van der Waals surface area contributed by atoms with Crippen molar-refractivity contribution in [2.24, 2.45) is 0 Å². The van der Waals surface area contributed by atoms with Gasteiger partial charge in [-0.15, -0.1) is 0 Å². The average Bonchev–Trinajstić information content (AvgIpc) is 3.14. The third-order valence-electron chi connectivity index (χ3n) is 6.48. The molecule has 0 saturated heterocycles. The molecule has 4 rings (SSSR count). The summed E-state index contributed by atoms with van der Waals surface area (Å²) in [5, 5.41) is 9.34. The normalized spacial score (nSPS) is 16.4.